The van der Waals surface area contributed by atoms with Crippen molar-refractivity contribution >= 4 is 5.91 Å². The van der Waals surface area contributed by atoms with Gasteiger partial charge in [-0.25, -0.2) is 4.39 Å². The number of ether oxygens (including phenoxy) is 1. The van der Waals surface area contributed by atoms with E-state index in [1.165, 1.54) is 0 Å². The molecule has 126 valence electrons. The van der Waals surface area contributed by atoms with Gasteiger partial charge in [-0.15, -0.1) is 0 Å². The molecule has 2 aliphatic carbocycles. The first-order valence-corrected chi connectivity index (χ1v) is 8.64. The second kappa shape index (κ2) is 5.19. The summed E-state index contributed by atoms with van der Waals surface area (Å²) in [4.78, 5) is 12.7. The average molecular weight is 335 g/mol. The summed E-state index contributed by atoms with van der Waals surface area (Å²) in [5.74, 6) is 0.119. The number of allylic oxidation sites excluding steroid dienone is 1. The molecule has 1 aliphatic heterocycles. The fraction of sp³-hybridized carbons (Fsp3) is 0.286. The van der Waals surface area contributed by atoms with Gasteiger partial charge in [0.25, 0.3) is 5.91 Å². The Kier molecular flexibility index (Phi) is 3.05. The van der Waals surface area contributed by atoms with Crippen LogP contribution in [-0.4, -0.2) is 17.6 Å². The molecule has 25 heavy (non-hydrogen) atoms. The smallest absolute Gasteiger partial charge is 0.255 e. The lowest BCUT2D eigenvalue weighted by atomic mass is 9.76. The highest BCUT2D eigenvalue weighted by Crippen LogP contribution is 2.56. The lowest BCUT2D eigenvalue weighted by Gasteiger charge is -2.37. The number of nitrogens with one attached hydrogen (secondary N) is 1. The molecule has 1 heterocycles. The van der Waals surface area contributed by atoms with Gasteiger partial charge >= 0.3 is 0 Å². The Labute approximate surface area is 145 Å². The molecule has 4 unspecified atom stereocenters. The highest BCUT2D eigenvalue weighted by molar-refractivity contribution is 6.00. The summed E-state index contributed by atoms with van der Waals surface area (Å²) < 4.78 is 21.2. The largest absolute Gasteiger partial charge is 0.488 e. The second-order valence-corrected chi connectivity index (χ2v) is 7.13. The summed E-state index contributed by atoms with van der Waals surface area (Å²) in [6.45, 7) is 0.377. The van der Waals surface area contributed by atoms with Crippen LogP contribution in [0.4, 0.5) is 4.39 Å². The van der Waals surface area contributed by atoms with Crippen LogP contribution in [0, 0.1) is 5.92 Å². The van der Waals surface area contributed by atoms with Crippen molar-refractivity contribution in [2.45, 2.75) is 30.7 Å². The highest BCUT2D eigenvalue weighted by atomic mass is 19.1. The third-order valence-electron chi connectivity index (χ3n) is 5.66. The zero-order chi connectivity index (χ0) is 17.0. The number of fused-ring (bicyclic) bond motifs is 7. The van der Waals surface area contributed by atoms with Gasteiger partial charge in [-0.2, -0.15) is 0 Å². The van der Waals surface area contributed by atoms with E-state index in [1.54, 1.807) is 12.1 Å². The maximum absolute atomic E-state index is 15.3. The van der Waals surface area contributed by atoms with Gasteiger partial charge in [-0.3, -0.25) is 4.79 Å². The standard InChI is InChI=1S/C21H18FNO2/c22-21-10-9-14(11-21)19-18(21)15-7-4-8-16(17(15)20(24)23-19)25-12-13-5-2-1-3-6-13/h1-10,14,18-19H,11-12H2,(H,23,24). The van der Waals surface area contributed by atoms with Gasteiger partial charge in [0.1, 0.15) is 18.0 Å². The number of rotatable bonds is 3. The van der Waals surface area contributed by atoms with Gasteiger partial charge < -0.3 is 10.1 Å². The Balaban J connectivity index is 1.52. The van der Waals surface area contributed by atoms with E-state index in [-0.39, 0.29) is 23.8 Å². The van der Waals surface area contributed by atoms with E-state index in [0.29, 0.717) is 24.3 Å². The van der Waals surface area contributed by atoms with Crippen LogP contribution in [0.3, 0.4) is 0 Å². The molecule has 1 saturated carbocycles. The summed E-state index contributed by atoms with van der Waals surface area (Å²) in [5.41, 5.74) is 0.917. The topological polar surface area (TPSA) is 38.3 Å². The van der Waals surface area contributed by atoms with Crippen molar-refractivity contribution in [2.24, 2.45) is 5.92 Å². The van der Waals surface area contributed by atoms with Crippen LogP contribution in [0.5, 0.6) is 5.75 Å². The average Bonchev–Trinajstić information content (AvgIpc) is 3.15. The number of alkyl halides is 1. The van der Waals surface area contributed by atoms with Gasteiger partial charge in [0.15, 0.2) is 0 Å². The molecular formula is C21H18FNO2. The molecule has 3 nitrogen and oxygen atoms in total. The zero-order valence-corrected chi connectivity index (χ0v) is 13.6. The molecule has 3 aliphatic rings. The quantitative estimate of drug-likeness (QED) is 0.868. The predicted octanol–water partition coefficient (Wildman–Crippen LogP) is 3.76. The van der Waals surface area contributed by atoms with Crippen LogP contribution < -0.4 is 10.1 Å². The fourth-order valence-electron chi connectivity index (χ4n) is 4.58. The summed E-state index contributed by atoms with van der Waals surface area (Å²) in [7, 11) is 0. The minimum absolute atomic E-state index is 0.0843. The zero-order valence-electron chi connectivity index (χ0n) is 13.6. The molecule has 4 atom stereocenters. The van der Waals surface area contributed by atoms with E-state index in [9.17, 15) is 4.79 Å². The summed E-state index contributed by atoms with van der Waals surface area (Å²) in [5, 5.41) is 3.02. The minimum Gasteiger partial charge on any atom is -0.488 e. The molecule has 1 N–H and O–H groups in total. The van der Waals surface area contributed by atoms with Crippen molar-refractivity contribution in [3.05, 3.63) is 77.4 Å². The summed E-state index contributed by atoms with van der Waals surface area (Å²) in [6.07, 6.45) is 4.04. The molecule has 1 fully saturated rings. The summed E-state index contributed by atoms with van der Waals surface area (Å²) >= 11 is 0. The van der Waals surface area contributed by atoms with Gasteiger partial charge in [0, 0.05) is 17.9 Å². The van der Waals surface area contributed by atoms with Crippen molar-refractivity contribution < 1.29 is 13.9 Å². The Morgan fingerprint density at radius 1 is 1.16 bits per heavy atom. The molecule has 2 bridgehead atoms. The number of amides is 1. The molecule has 0 radical (unpaired) electrons. The molecule has 0 spiro atoms. The van der Waals surface area contributed by atoms with Crippen molar-refractivity contribution in [1.29, 1.82) is 0 Å². The second-order valence-electron chi connectivity index (χ2n) is 7.13. The predicted molar refractivity (Wildman–Crippen MR) is 92.3 cm³/mol. The molecule has 1 amide bonds. The number of hydrogen-bond acceptors (Lipinski definition) is 2. The SMILES string of the molecule is O=C1NC2C3C=CC(F)(C3)C2c2cccc(OCc3ccccc3)c21. The Bertz CT molecular complexity index is 879. The maximum Gasteiger partial charge on any atom is 0.255 e. The third kappa shape index (κ3) is 2.13. The number of hydrogen-bond donors (Lipinski definition) is 1. The van der Waals surface area contributed by atoms with E-state index in [0.717, 1.165) is 11.1 Å². The lowest BCUT2D eigenvalue weighted by Crippen LogP contribution is -2.49. The first-order chi connectivity index (χ1) is 12.2. The maximum atomic E-state index is 15.3. The fourth-order valence-corrected chi connectivity index (χ4v) is 4.58. The van der Waals surface area contributed by atoms with Gasteiger partial charge in [-0.1, -0.05) is 54.6 Å². The van der Waals surface area contributed by atoms with Crippen LogP contribution >= 0.6 is 0 Å². The van der Waals surface area contributed by atoms with Crippen molar-refractivity contribution in [3.63, 3.8) is 0 Å². The van der Waals surface area contributed by atoms with Crippen LogP contribution in [0.25, 0.3) is 0 Å². The van der Waals surface area contributed by atoms with E-state index < -0.39 is 5.67 Å². The van der Waals surface area contributed by atoms with E-state index in [1.807, 2.05) is 48.5 Å². The Morgan fingerprint density at radius 3 is 2.84 bits per heavy atom. The minimum atomic E-state index is -1.37. The lowest BCUT2D eigenvalue weighted by molar-refractivity contribution is 0.0891. The first kappa shape index (κ1) is 14.7. The highest BCUT2D eigenvalue weighted by Gasteiger charge is 2.59. The third-order valence-corrected chi connectivity index (χ3v) is 5.66. The van der Waals surface area contributed by atoms with Crippen LogP contribution in [0.2, 0.25) is 0 Å². The Hall–Kier alpha value is -2.62. The van der Waals surface area contributed by atoms with Crippen LogP contribution in [0.15, 0.2) is 60.7 Å². The van der Waals surface area contributed by atoms with Gasteiger partial charge in [-0.05, 0) is 23.6 Å². The Morgan fingerprint density at radius 2 is 2.00 bits per heavy atom. The molecule has 5 rings (SSSR count). The number of halogens is 1. The molecular weight excluding hydrogens is 317 g/mol. The summed E-state index contributed by atoms with van der Waals surface area (Å²) in [6, 6.07) is 15.2. The first-order valence-electron chi connectivity index (χ1n) is 8.64. The molecule has 2 aromatic carbocycles. The van der Waals surface area contributed by atoms with Crippen molar-refractivity contribution in [1.82, 2.24) is 5.32 Å². The monoisotopic (exact) mass is 335 g/mol. The molecule has 4 heteroatoms. The molecule has 0 aromatic heterocycles. The van der Waals surface area contributed by atoms with Crippen LogP contribution in [-0.2, 0) is 6.61 Å². The van der Waals surface area contributed by atoms with Crippen LogP contribution in [0.1, 0.15) is 33.8 Å². The van der Waals surface area contributed by atoms with Crippen molar-refractivity contribution in [2.75, 3.05) is 0 Å². The van der Waals surface area contributed by atoms with E-state index in [4.69, 9.17) is 4.74 Å². The molecule has 2 aromatic rings. The normalized spacial score (nSPS) is 31.4. The van der Waals surface area contributed by atoms with Gasteiger partial charge in [0.05, 0.1) is 5.56 Å². The van der Waals surface area contributed by atoms with Crippen molar-refractivity contribution in [3.8, 4) is 5.75 Å². The van der Waals surface area contributed by atoms with E-state index >= 15 is 4.39 Å². The number of carbonyl (C=O) groups excluding carboxylic acids is 1. The van der Waals surface area contributed by atoms with Gasteiger partial charge in [0.2, 0.25) is 0 Å². The number of benzene rings is 2. The van der Waals surface area contributed by atoms with E-state index in [2.05, 4.69) is 5.32 Å². The number of carbonyl (C=O) groups is 1. The molecule has 0 saturated heterocycles.